The maximum atomic E-state index is 11.4. The van der Waals surface area contributed by atoms with E-state index in [-0.39, 0.29) is 24.7 Å². The molecule has 0 radical (unpaired) electrons. The highest BCUT2D eigenvalue weighted by Gasteiger charge is 2.29. The van der Waals surface area contributed by atoms with E-state index in [2.05, 4.69) is 4.98 Å². The zero-order valence-corrected chi connectivity index (χ0v) is 8.27. The van der Waals surface area contributed by atoms with Crippen molar-refractivity contribution in [3.8, 4) is 5.75 Å². The van der Waals surface area contributed by atoms with Crippen molar-refractivity contribution in [3.63, 3.8) is 0 Å². The van der Waals surface area contributed by atoms with Gasteiger partial charge in [0.1, 0.15) is 11.6 Å². The Kier molecular flexibility index (Phi) is 2.37. The maximum absolute atomic E-state index is 11.4. The fraction of sp³-hybridized carbons (Fsp3) is 0.300. The lowest BCUT2D eigenvalue weighted by Crippen LogP contribution is -2.25. The Morgan fingerprint density at radius 2 is 2.20 bits per heavy atom. The number of anilines is 1. The quantitative estimate of drug-likeness (QED) is 0.657. The number of hydrogen-bond donors (Lipinski definition) is 0. The Morgan fingerprint density at radius 1 is 1.40 bits per heavy atom. The predicted octanol–water partition coefficient (Wildman–Crippen LogP) is 0.396. The molecule has 0 spiro atoms. The zero-order chi connectivity index (χ0) is 10.8. The van der Waals surface area contributed by atoms with Gasteiger partial charge in [0.2, 0.25) is 5.91 Å². The minimum Gasteiger partial charge on any atom is -0.495 e. The number of pyridine rings is 1. The largest absolute Gasteiger partial charge is 0.495 e. The van der Waals surface area contributed by atoms with Crippen LogP contribution in [0, 0.1) is 0 Å². The van der Waals surface area contributed by atoms with Crippen molar-refractivity contribution in [2.75, 3.05) is 18.6 Å². The van der Waals surface area contributed by atoms with E-state index in [4.69, 9.17) is 4.74 Å². The highest BCUT2D eigenvalue weighted by molar-refractivity contribution is 6.14. The fourth-order valence-corrected chi connectivity index (χ4v) is 1.45. The summed E-state index contributed by atoms with van der Waals surface area (Å²) in [5, 5.41) is 0. The lowest BCUT2D eigenvalue weighted by Gasteiger charge is -2.13. The van der Waals surface area contributed by atoms with E-state index in [1.807, 2.05) is 0 Å². The lowest BCUT2D eigenvalue weighted by molar-refractivity contribution is -0.121. The number of carbonyl (C=O) groups excluding carboxylic acids is 2. The van der Waals surface area contributed by atoms with Crippen molar-refractivity contribution in [2.45, 2.75) is 6.42 Å². The molecule has 1 aromatic rings. The number of ether oxygens (including phenoxy) is 1. The summed E-state index contributed by atoms with van der Waals surface area (Å²) in [7, 11) is 1.54. The van der Waals surface area contributed by atoms with Crippen LogP contribution in [0.2, 0.25) is 0 Å². The molecule has 0 aliphatic carbocycles. The Morgan fingerprint density at radius 3 is 2.67 bits per heavy atom. The lowest BCUT2D eigenvalue weighted by atomic mass is 10.3. The molecule has 0 unspecified atom stereocenters. The van der Waals surface area contributed by atoms with Gasteiger partial charge in [0, 0.05) is 0 Å². The number of hydrogen-bond acceptors (Lipinski definition) is 4. The second-order valence-electron chi connectivity index (χ2n) is 3.25. The molecular weight excluding hydrogens is 196 g/mol. The molecule has 5 heteroatoms. The number of aromatic nitrogens is 1. The first-order valence-electron chi connectivity index (χ1n) is 4.53. The molecule has 1 amide bonds. The molecule has 15 heavy (non-hydrogen) atoms. The average molecular weight is 206 g/mol. The van der Waals surface area contributed by atoms with Crippen molar-refractivity contribution in [1.82, 2.24) is 4.98 Å². The van der Waals surface area contributed by atoms with Gasteiger partial charge in [0.05, 0.1) is 26.3 Å². The molecule has 1 fully saturated rings. The van der Waals surface area contributed by atoms with E-state index in [0.29, 0.717) is 11.6 Å². The molecular formula is C10H10N2O3. The SMILES string of the molecule is COc1ccc(N2CC(=O)CC2=O)nc1. The summed E-state index contributed by atoms with van der Waals surface area (Å²) < 4.78 is 4.95. The Balaban J connectivity index is 2.22. The summed E-state index contributed by atoms with van der Waals surface area (Å²) in [4.78, 5) is 27.8. The number of methoxy groups -OCH3 is 1. The number of rotatable bonds is 2. The molecule has 0 bridgehead atoms. The minimum atomic E-state index is -0.197. The zero-order valence-electron chi connectivity index (χ0n) is 8.27. The molecule has 0 atom stereocenters. The van der Waals surface area contributed by atoms with Crippen LogP contribution in [-0.2, 0) is 9.59 Å². The second kappa shape index (κ2) is 3.68. The Hall–Kier alpha value is -1.91. The van der Waals surface area contributed by atoms with Gasteiger partial charge in [0.25, 0.3) is 0 Å². The van der Waals surface area contributed by atoms with Gasteiger partial charge in [-0.2, -0.15) is 0 Å². The molecule has 0 N–H and O–H groups in total. The van der Waals surface area contributed by atoms with Gasteiger partial charge < -0.3 is 4.74 Å². The molecule has 1 aromatic heterocycles. The second-order valence-corrected chi connectivity index (χ2v) is 3.25. The van der Waals surface area contributed by atoms with E-state index in [0.717, 1.165) is 0 Å². The van der Waals surface area contributed by atoms with Crippen LogP contribution in [0.15, 0.2) is 18.3 Å². The first-order valence-corrected chi connectivity index (χ1v) is 4.53. The first-order chi connectivity index (χ1) is 7.20. The summed E-state index contributed by atoms with van der Waals surface area (Å²) >= 11 is 0. The van der Waals surface area contributed by atoms with Crippen LogP contribution in [0.1, 0.15) is 6.42 Å². The van der Waals surface area contributed by atoms with Crippen molar-refractivity contribution in [3.05, 3.63) is 18.3 Å². The summed E-state index contributed by atoms with van der Waals surface area (Å²) in [6.45, 7) is 0.123. The van der Waals surface area contributed by atoms with Crippen LogP contribution in [0.3, 0.4) is 0 Å². The topological polar surface area (TPSA) is 59.5 Å². The van der Waals surface area contributed by atoms with Gasteiger partial charge in [-0.05, 0) is 12.1 Å². The smallest absolute Gasteiger partial charge is 0.236 e. The number of nitrogens with zero attached hydrogens (tertiary/aromatic N) is 2. The fourth-order valence-electron chi connectivity index (χ4n) is 1.45. The highest BCUT2D eigenvalue weighted by atomic mass is 16.5. The van der Waals surface area contributed by atoms with Crippen LogP contribution in [0.25, 0.3) is 0 Å². The van der Waals surface area contributed by atoms with Crippen molar-refractivity contribution >= 4 is 17.5 Å². The van der Waals surface area contributed by atoms with E-state index in [1.54, 1.807) is 19.2 Å². The van der Waals surface area contributed by atoms with E-state index < -0.39 is 0 Å². The van der Waals surface area contributed by atoms with Gasteiger partial charge in [0.15, 0.2) is 5.78 Å². The molecule has 5 nitrogen and oxygen atoms in total. The third kappa shape index (κ3) is 1.81. The number of amides is 1. The van der Waals surface area contributed by atoms with E-state index in [1.165, 1.54) is 11.1 Å². The van der Waals surface area contributed by atoms with Gasteiger partial charge in [-0.25, -0.2) is 4.98 Å². The number of ketones is 1. The Labute approximate surface area is 86.7 Å². The molecule has 0 aromatic carbocycles. The maximum Gasteiger partial charge on any atom is 0.236 e. The van der Waals surface area contributed by atoms with E-state index >= 15 is 0 Å². The monoisotopic (exact) mass is 206 g/mol. The summed E-state index contributed by atoms with van der Waals surface area (Å²) in [5.74, 6) is 0.846. The molecule has 1 aliphatic rings. The van der Waals surface area contributed by atoms with Gasteiger partial charge in [-0.15, -0.1) is 0 Å². The summed E-state index contributed by atoms with van der Waals surface area (Å²) in [6.07, 6.45) is 1.50. The van der Waals surface area contributed by atoms with Crippen LogP contribution in [-0.4, -0.2) is 30.3 Å². The third-order valence-electron chi connectivity index (χ3n) is 2.22. The first kappa shape index (κ1) is 9.64. The van der Waals surface area contributed by atoms with Crippen LogP contribution in [0.4, 0.5) is 5.82 Å². The minimum absolute atomic E-state index is 0.0201. The van der Waals surface area contributed by atoms with Gasteiger partial charge in [-0.1, -0.05) is 0 Å². The van der Waals surface area contributed by atoms with Crippen molar-refractivity contribution in [2.24, 2.45) is 0 Å². The van der Waals surface area contributed by atoms with Crippen LogP contribution >= 0.6 is 0 Å². The van der Waals surface area contributed by atoms with Gasteiger partial charge in [-0.3, -0.25) is 14.5 Å². The molecule has 2 heterocycles. The van der Waals surface area contributed by atoms with Crippen molar-refractivity contribution in [1.29, 1.82) is 0 Å². The molecule has 1 saturated heterocycles. The van der Waals surface area contributed by atoms with Crippen LogP contribution in [0.5, 0.6) is 5.75 Å². The van der Waals surface area contributed by atoms with Crippen LogP contribution < -0.4 is 9.64 Å². The molecule has 1 aliphatic heterocycles. The highest BCUT2D eigenvalue weighted by Crippen LogP contribution is 2.19. The standard InChI is InChI=1S/C10H10N2O3/c1-15-8-2-3-9(11-5-8)12-6-7(13)4-10(12)14/h2-3,5H,4,6H2,1H3. The normalized spacial score (nSPS) is 15.9. The van der Waals surface area contributed by atoms with Crippen molar-refractivity contribution < 1.29 is 14.3 Å². The average Bonchev–Trinajstić information content (AvgIpc) is 2.58. The third-order valence-corrected chi connectivity index (χ3v) is 2.22. The predicted molar refractivity (Wildman–Crippen MR) is 52.8 cm³/mol. The molecule has 78 valence electrons. The van der Waals surface area contributed by atoms with E-state index in [9.17, 15) is 9.59 Å². The number of Topliss-reactive ketones (excluding diaryl/α,β-unsaturated/α-hetero) is 1. The molecule has 0 saturated carbocycles. The summed E-state index contributed by atoms with van der Waals surface area (Å²) in [5.41, 5.74) is 0. The van der Waals surface area contributed by atoms with Gasteiger partial charge >= 0.3 is 0 Å². The molecule has 2 rings (SSSR count). The number of carbonyl (C=O) groups is 2. The summed E-state index contributed by atoms with van der Waals surface area (Å²) in [6, 6.07) is 3.37. The Bertz CT molecular complexity index is 400.